The minimum absolute atomic E-state index is 0.114. The maximum Gasteiger partial charge on any atom is 0.317 e. The van der Waals surface area contributed by atoms with E-state index in [2.05, 4.69) is 17.2 Å². The summed E-state index contributed by atoms with van der Waals surface area (Å²) in [6.45, 7) is 3.64. The number of likely N-dealkylation sites (tertiary alicyclic amines) is 1. The first kappa shape index (κ1) is 14.8. The molecule has 0 bridgehead atoms. The van der Waals surface area contributed by atoms with E-state index in [1.807, 2.05) is 30.3 Å². The standard InChI is InChI=1S/C17H21N3O2/c1-12-7-15(21)11-20(10-12)17(22)19-9-13-4-5-16-14(8-13)3-2-6-18-16/h2-6,8,12,15,21H,7,9-11H2,1H3,(H,19,22)/t12-,15+/m1/s1. The molecular formula is C17H21N3O2. The Hall–Kier alpha value is -2.14. The highest BCUT2D eigenvalue weighted by atomic mass is 16.3. The summed E-state index contributed by atoms with van der Waals surface area (Å²) in [7, 11) is 0. The molecule has 0 spiro atoms. The minimum atomic E-state index is -0.416. The third-order valence-electron chi connectivity index (χ3n) is 4.04. The number of carbonyl (C=O) groups is 1. The van der Waals surface area contributed by atoms with E-state index in [-0.39, 0.29) is 6.03 Å². The van der Waals surface area contributed by atoms with Crippen molar-refractivity contribution in [3.63, 3.8) is 0 Å². The second-order valence-corrected chi connectivity index (χ2v) is 6.09. The van der Waals surface area contributed by atoms with Crippen LogP contribution in [-0.4, -0.2) is 40.2 Å². The van der Waals surface area contributed by atoms with Gasteiger partial charge in [-0.2, -0.15) is 0 Å². The molecule has 0 unspecified atom stereocenters. The zero-order chi connectivity index (χ0) is 15.5. The number of aliphatic hydroxyl groups is 1. The minimum Gasteiger partial charge on any atom is -0.391 e. The summed E-state index contributed by atoms with van der Waals surface area (Å²) in [5.74, 6) is 0.334. The molecule has 116 valence electrons. The molecule has 5 heteroatoms. The highest BCUT2D eigenvalue weighted by Gasteiger charge is 2.26. The van der Waals surface area contributed by atoms with Gasteiger partial charge in [-0.15, -0.1) is 0 Å². The number of aromatic nitrogens is 1. The fourth-order valence-electron chi connectivity index (χ4n) is 3.01. The Morgan fingerprint density at radius 1 is 1.41 bits per heavy atom. The van der Waals surface area contributed by atoms with Gasteiger partial charge in [0.1, 0.15) is 0 Å². The fraction of sp³-hybridized carbons (Fsp3) is 0.412. The number of hydrogen-bond donors (Lipinski definition) is 2. The van der Waals surface area contributed by atoms with Gasteiger partial charge in [0, 0.05) is 31.2 Å². The molecule has 0 saturated carbocycles. The van der Waals surface area contributed by atoms with Crippen LogP contribution in [0.4, 0.5) is 4.79 Å². The second kappa shape index (κ2) is 6.32. The van der Waals surface area contributed by atoms with Crippen LogP contribution in [0, 0.1) is 5.92 Å². The Kier molecular flexibility index (Phi) is 4.24. The van der Waals surface area contributed by atoms with Crippen LogP contribution in [0.25, 0.3) is 10.9 Å². The maximum atomic E-state index is 12.2. The van der Waals surface area contributed by atoms with Crippen LogP contribution < -0.4 is 5.32 Å². The third-order valence-corrected chi connectivity index (χ3v) is 4.04. The van der Waals surface area contributed by atoms with E-state index in [9.17, 15) is 9.90 Å². The van der Waals surface area contributed by atoms with Gasteiger partial charge in [-0.25, -0.2) is 4.79 Å². The fourth-order valence-corrected chi connectivity index (χ4v) is 3.01. The first-order valence-corrected chi connectivity index (χ1v) is 7.66. The zero-order valence-electron chi connectivity index (χ0n) is 12.7. The van der Waals surface area contributed by atoms with Crippen molar-refractivity contribution in [1.82, 2.24) is 15.2 Å². The second-order valence-electron chi connectivity index (χ2n) is 6.09. The normalized spacial score (nSPS) is 21.8. The van der Waals surface area contributed by atoms with E-state index in [0.29, 0.717) is 25.6 Å². The summed E-state index contributed by atoms with van der Waals surface area (Å²) in [5.41, 5.74) is 1.99. The van der Waals surface area contributed by atoms with Crippen LogP contribution in [-0.2, 0) is 6.54 Å². The lowest BCUT2D eigenvalue weighted by atomic mass is 9.98. The van der Waals surface area contributed by atoms with Gasteiger partial charge in [0.05, 0.1) is 11.6 Å². The number of benzene rings is 1. The summed E-state index contributed by atoms with van der Waals surface area (Å²) in [5, 5.41) is 13.8. The lowest BCUT2D eigenvalue weighted by molar-refractivity contribution is 0.0604. The molecule has 1 aliphatic heterocycles. The average Bonchev–Trinajstić information content (AvgIpc) is 2.51. The highest BCUT2D eigenvalue weighted by molar-refractivity contribution is 5.79. The predicted octanol–water partition coefficient (Wildman–Crippen LogP) is 2.15. The zero-order valence-corrected chi connectivity index (χ0v) is 12.7. The molecule has 2 aromatic rings. The predicted molar refractivity (Wildman–Crippen MR) is 85.3 cm³/mol. The first-order valence-electron chi connectivity index (χ1n) is 7.66. The molecule has 2 heterocycles. The molecule has 1 aromatic heterocycles. The summed E-state index contributed by atoms with van der Waals surface area (Å²) in [6, 6.07) is 9.78. The van der Waals surface area contributed by atoms with Crippen LogP contribution in [0.5, 0.6) is 0 Å². The van der Waals surface area contributed by atoms with Crippen LogP contribution in [0.15, 0.2) is 36.5 Å². The van der Waals surface area contributed by atoms with Crippen LogP contribution in [0.3, 0.4) is 0 Å². The van der Waals surface area contributed by atoms with E-state index in [4.69, 9.17) is 0 Å². The lowest BCUT2D eigenvalue weighted by Crippen LogP contribution is -2.49. The van der Waals surface area contributed by atoms with Gasteiger partial charge in [-0.05, 0) is 36.1 Å². The van der Waals surface area contributed by atoms with Crippen LogP contribution >= 0.6 is 0 Å². The quantitative estimate of drug-likeness (QED) is 0.893. The van der Waals surface area contributed by atoms with Crippen molar-refractivity contribution >= 4 is 16.9 Å². The van der Waals surface area contributed by atoms with Gasteiger partial charge in [0.2, 0.25) is 0 Å². The number of fused-ring (bicyclic) bond motifs is 1. The molecule has 5 nitrogen and oxygen atoms in total. The highest BCUT2D eigenvalue weighted by Crippen LogP contribution is 2.17. The Morgan fingerprint density at radius 3 is 3.09 bits per heavy atom. The molecular weight excluding hydrogens is 278 g/mol. The molecule has 3 rings (SSSR count). The number of amides is 2. The summed E-state index contributed by atoms with van der Waals surface area (Å²) in [4.78, 5) is 18.2. The summed E-state index contributed by atoms with van der Waals surface area (Å²) in [6.07, 6.45) is 2.12. The van der Waals surface area contributed by atoms with Gasteiger partial charge in [0.25, 0.3) is 0 Å². The molecule has 0 radical (unpaired) electrons. The number of piperidine rings is 1. The van der Waals surface area contributed by atoms with E-state index in [1.165, 1.54) is 0 Å². The number of hydrogen-bond acceptors (Lipinski definition) is 3. The molecule has 2 atom stereocenters. The van der Waals surface area contributed by atoms with E-state index >= 15 is 0 Å². The van der Waals surface area contributed by atoms with E-state index in [1.54, 1.807) is 11.1 Å². The van der Waals surface area contributed by atoms with Crippen LogP contribution in [0.1, 0.15) is 18.9 Å². The monoisotopic (exact) mass is 299 g/mol. The third kappa shape index (κ3) is 3.36. The molecule has 22 heavy (non-hydrogen) atoms. The number of carbonyl (C=O) groups excluding carboxylic acids is 1. The topological polar surface area (TPSA) is 65.5 Å². The first-order chi connectivity index (χ1) is 10.6. The van der Waals surface area contributed by atoms with Gasteiger partial charge < -0.3 is 15.3 Å². The largest absolute Gasteiger partial charge is 0.391 e. The van der Waals surface area contributed by atoms with Crippen molar-refractivity contribution in [3.8, 4) is 0 Å². The van der Waals surface area contributed by atoms with Gasteiger partial charge in [-0.3, -0.25) is 4.98 Å². The number of β-amino-alcohol motifs (C(OH)–C–C–N with tert-alkyl or cyclic N) is 1. The number of nitrogens with zero attached hydrogens (tertiary/aromatic N) is 2. The van der Waals surface area contributed by atoms with Crippen molar-refractivity contribution in [3.05, 3.63) is 42.1 Å². The van der Waals surface area contributed by atoms with Crippen molar-refractivity contribution < 1.29 is 9.90 Å². The Morgan fingerprint density at radius 2 is 2.27 bits per heavy atom. The Bertz CT molecular complexity index is 664. The van der Waals surface area contributed by atoms with Crippen molar-refractivity contribution in [1.29, 1.82) is 0 Å². The number of rotatable bonds is 2. The Labute approximate surface area is 130 Å². The smallest absolute Gasteiger partial charge is 0.317 e. The molecule has 2 amide bonds. The van der Waals surface area contributed by atoms with Crippen molar-refractivity contribution in [2.75, 3.05) is 13.1 Å². The Balaban J connectivity index is 1.62. The van der Waals surface area contributed by atoms with E-state index < -0.39 is 6.10 Å². The maximum absolute atomic E-state index is 12.2. The number of nitrogens with one attached hydrogen (secondary N) is 1. The van der Waals surface area contributed by atoms with E-state index in [0.717, 1.165) is 22.9 Å². The summed E-state index contributed by atoms with van der Waals surface area (Å²) < 4.78 is 0. The molecule has 1 fully saturated rings. The molecule has 1 aromatic carbocycles. The number of pyridine rings is 1. The molecule has 0 aliphatic carbocycles. The number of aliphatic hydroxyl groups excluding tert-OH is 1. The molecule has 1 aliphatic rings. The van der Waals surface area contributed by atoms with Crippen molar-refractivity contribution in [2.24, 2.45) is 5.92 Å². The van der Waals surface area contributed by atoms with Gasteiger partial charge in [-0.1, -0.05) is 19.1 Å². The van der Waals surface area contributed by atoms with Gasteiger partial charge in [0.15, 0.2) is 0 Å². The average molecular weight is 299 g/mol. The van der Waals surface area contributed by atoms with Crippen molar-refractivity contribution in [2.45, 2.75) is 26.0 Å². The summed E-state index contributed by atoms with van der Waals surface area (Å²) >= 11 is 0. The SMILES string of the molecule is C[C@@H]1C[C@H](O)CN(C(=O)NCc2ccc3ncccc3c2)C1. The van der Waals surface area contributed by atoms with Gasteiger partial charge >= 0.3 is 6.03 Å². The van der Waals surface area contributed by atoms with Crippen LogP contribution in [0.2, 0.25) is 0 Å². The molecule has 2 N–H and O–H groups in total. The lowest BCUT2D eigenvalue weighted by Gasteiger charge is -2.34. The molecule has 1 saturated heterocycles. The number of urea groups is 1.